The summed E-state index contributed by atoms with van der Waals surface area (Å²) in [5, 5.41) is 2.45. The molecule has 6 heteroatoms. The molecule has 4 nitrogen and oxygen atoms in total. The molecular formula is C17H15BrFNO3. The van der Waals surface area contributed by atoms with Gasteiger partial charge < -0.3 is 9.47 Å². The number of hydrogen-bond donors (Lipinski definition) is 1. The molecule has 0 aromatic heterocycles. The van der Waals surface area contributed by atoms with Crippen molar-refractivity contribution >= 4 is 27.7 Å². The Kier molecular flexibility index (Phi) is 4.52. The number of benzene rings is 2. The second-order valence-electron chi connectivity index (χ2n) is 5.37. The normalized spacial score (nSPS) is 15.7. The summed E-state index contributed by atoms with van der Waals surface area (Å²) < 4.78 is 25.1. The summed E-state index contributed by atoms with van der Waals surface area (Å²) in [5.41, 5.74) is 1.79. The van der Waals surface area contributed by atoms with E-state index in [1.807, 2.05) is 37.3 Å². The van der Waals surface area contributed by atoms with Crippen molar-refractivity contribution in [1.29, 1.82) is 0 Å². The second kappa shape index (κ2) is 6.58. The Hall–Kier alpha value is -2.08. The first kappa shape index (κ1) is 15.8. The lowest BCUT2D eigenvalue weighted by atomic mass is 10.0. The van der Waals surface area contributed by atoms with Gasteiger partial charge in [-0.05, 0) is 27.6 Å². The van der Waals surface area contributed by atoms with E-state index >= 15 is 0 Å². The van der Waals surface area contributed by atoms with Gasteiger partial charge in [0.25, 0.3) is 0 Å². The van der Waals surface area contributed by atoms with Crippen LogP contribution >= 0.6 is 15.9 Å². The molecular weight excluding hydrogens is 365 g/mol. The molecule has 1 aliphatic heterocycles. The fourth-order valence-electron chi connectivity index (χ4n) is 2.40. The van der Waals surface area contributed by atoms with Gasteiger partial charge in [0.15, 0.2) is 5.82 Å². The van der Waals surface area contributed by atoms with Crippen LogP contribution in [0.5, 0.6) is 5.75 Å². The van der Waals surface area contributed by atoms with Gasteiger partial charge in [-0.2, -0.15) is 0 Å². The van der Waals surface area contributed by atoms with Crippen LogP contribution in [0.3, 0.4) is 0 Å². The van der Waals surface area contributed by atoms with Crippen LogP contribution < -0.4 is 10.1 Å². The number of nitrogens with one attached hydrogen (secondary N) is 1. The van der Waals surface area contributed by atoms with E-state index < -0.39 is 11.9 Å². The Labute approximate surface area is 141 Å². The van der Waals surface area contributed by atoms with Gasteiger partial charge >= 0.3 is 6.09 Å². The zero-order chi connectivity index (χ0) is 16.4. The van der Waals surface area contributed by atoms with Crippen LogP contribution in [0.2, 0.25) is 0 Å². The first-order valence-electron chi connectivity index (χ1n) is 7.18. The summed E-state index contributed by atoms with van der Waals surface area (Å²) >= 11 is 3.18. The number of carbonyl (C=O) groups is 1. The maximum atomic E-state index is 14.3. The predicted molar refractivity (Wildman–Crippen MR) is 88.3 cm³/mol. The predicted octanol–water partition coefficient (Wildman–Crippen LogP) is 4.83. The first-order valence-corrected chi connectivity index (χ1v) is 7.98. The third-order valence-electron chi connectivity index (χ3n) is 3.65. The van der Waals surface area contributed by atoms with Gasteiger partial charge in [-0.3, -0.25) is 5.32 Å². The van der Waals surface area contributed by atoms with Gasteiger partial charge in [0.1, 0.15) is 12.4 Å². The van der Waals surface area contributed by atoms with Crippen molar-refractivity contribution in [3.63, 3.8) is 0 Å². The molecule has 2 aromatic carbocycles. The molecule has 0 saturated carbocycles. The molecule has 0 radical (unpaired) electrons. The number of fused-ring (bicyclic) bond motifs is 1. The van der Waals surface area contributed by atoms with E-state index in [9.17, 15) is 9.18 Å². The molecule has 120 valence electrons. The van der Waals surface area contributed by atoms with Crippen LogP contribution in [0.25, 0.3) is 0 Å². The van der Waals surface area contributed by atoms with E-state index in [1.54, 1.807) is 6.07 Å². The number of anilines is 1. The van der Waals surface area contributed by atoms with Crippen LogP contribution in [0.4, 0.5) is 14.9 Å². The number of hydrogen-bond acceptors (Lipinski definition) is 3. The molecule has 2 aromatic rings. The number of amides is 1. The quantitative estimate of drug-likeness (QED) is 0.830. The summed E-state index contributed by atoms with van der Waals surface area (Å²) in [5.74, 6) is 0.0653. The Balaban J connectivity index is 1.71. The van der Waals surface area contributed by atoms with Crippen molar-refractivity contribution in [2.45, 2.75) is 19.4 Å². The van der Waals surface area contributed by atoms with Gasteiger partial charge in [0.2, 0.25) is 0 Å². The zero-order valence-electron chi connectivity index (χ0n) is 12.4. The SMILES string of the molecule is CC1COc2c1cc(NC(=O)OCc1ccccc1)c(F)c2Br. The van der Waals surface area contributed by atoms with Crippen molar-refractivity contribution in [2.75, 3.05) is 11.9 Å². The average molecular weight is 380 g/mol. The van der Waals surface area contributed by atoms with Gasteiger partial charge in [-0.15, -0.1) is 0 Å². The Morgan fingerprint density at radius 3 is 2.91 bits per heavy atom. The standard InChI is InChI=1S/C17H15BrFNO3/c1-10-8-22-16-12(10)7-13(15(19)14(16)18)20-17(21)23-9-11-5-3-2-4-6-11/h2-7,10H,8-9H2,1H3,(H,20,21). The Morgan fingerprint density at radius 1 is 1.43 bits per heavy atom. The number of halogens is 2. The molecule has 1 heterocycles. The smallest absolute Gasteiger partial charge is 0.412 e. The third-order valence-corrected chi connectivity index (χ3v) is 4.36. The summed E-state index contributed by atoms with van der Waals surface area (Å²) in [6.45, 7) is 2.60. The summed E-state index contributed by atoms with van der Waals surface area (Å²) in [6, 6.07) is 10.9. The number of carbonyl (C=O) groups excluding carboxylic acids is 1. The lowest BCUT2D eigenvalue weighted by molar-refractivity contribution is 0.155. The fraction of sp³-hybridized carbons (Fsp3) is 0.235. The molecule has 1 unspecified atom stereocenters. The lowest BCUT2D eigenvalue weighted by Crippen LogP contribution is -2.15. The molecule has 0 saturated heterocycles. The monoisotopic (exact) mass is 379 g/mol. The average Bonchev–Trinajstić information content (AvgIpc) is 2.92. The van der Waals surface area contributed by atoms with Crippen molar-refractivity contribution < 1.29 is 18.7 Å². The van der Waals surface area contributed by atoms with Crippen LogP contribution in [0, 0.1) is 5.82 Å². The lowest BCUT2D eigenvalue weighted by Gasteiger charge is -2.12. The van der Waals surface area contributed by atoms with Gasteiger partial charge in [0, 0.05) is 11.5 Å². The maximum Gasteiger partial charge on any atom is 0.412 e. The van der Waals surface area contributed by atoms with Crippen molar-refractivity contribution in [3.05, 3.63) is 57.8 Å². The molecule has 0 fully saturated rings. The molecule has 0 bridgehead atoms. The molecule has 1 atom stereocenters. The first-order chi connectivity index (χ1) is 11.1. The summed E-state index contributed by atoms with van der Waals surface area (Å²) in [4.78, 5) is 11.9. The summed E-state index contributed by atoms with van der Waals surface area (Å²) in [6.07, 6.45) is -0.703. The van der Waals surface area contributed by atoms with Crippen LogP contribution in [0.15, 0.2) is 40.9 Å². The largest absolute Gasteiger partial charge is 0.491 e. The van der Waals surface area contributed by atoms with E-state index in [2.05, 4.69) is 21.2 Å². The third kappa shape index (κ3) is 3.32. The second-order valence-corrected chi connectivity index (χ2v) is 6.16. The van der Waals surface area contributed by atoms with Gasteiger partial charge in [0.05, 0.1) is 16.8 Å². The zero-order valence-corrected chi connectivity index (χ0v) is 14.0. The highest BCUT2D eigenvalue weighted by Crippen LogP contribution is 2.43. The molecule has 1 aliphatic rings. The molecule has 1 N–H and O–H groups in total. The highest BCUT2D eigenvalue weighted by molar-refractivity contribution is 9.10. The van der Waals surface area contributed by atoms with Gasteiger partial charge in [-0.25, -0.2) is 9.18 Å². The highest BCUT2D eigenvalue weighted by Gasteiger charge is 2.27. The molecule has 1 amide bonds. The Morgan fingerprint density at radius 2 is 2.17 bits per heavy atom. The van der Waals surface area contributed by atoms with E-state index in [4.69, 9.17) is 9.47 Å². The molecule has 23 heavy (non-hydrogen) atoms. The van der Waals surface area contributed by atoms with E-state index in [1.165, 1.54) is 0 Å². The number of ether oxygens (including phenoxy) is 2. The van der Waals surface area contributed by atoms with E-state index in [-0.39, 0.29) is 22.7 Å². The summed E-state index contributed by atoms with van der Waals surface area (Å²) in [7, 11) is 0. The van der Waals surface area contributed by atoms with E-state index in [0.717, 1.165) is 11.1 Å². The van der Waals surface area contributed by atoms with Crippen molar-refractivity contribution in [1.82, 2.24) is 0 Å². The van der Waals surface area contributed by atoms with Crippen molar-refractivity contribution in [2.24, 2.45) is 0 Å². The highest BCUT2D eigenvalue weighted by atomic mass is 79.9. The Bertz CT molecular complexity index is 736. The molecule has 0 spiro atoms. The van der Waals surface area contributed by atoms with Crippen LogP contribution in [-0.2, 0) is 11.3 Å². The van der Waals surface area contributed by atoms with Crippen LogP contribution in [0.1, 0.15) is 24.0 Å². The fourth-order valence-corrected chi connectivity index (χ4v) is 2.96. The maximum absolute atomic E-state index is 14.3. The van der Waals surface area contributed by atoms with Gasteiger partial charge in [-0.1, -0.05) is 37.3 Å². The minimum absolute atomic E-state index is 0.0750. The number of rotatable bonds is 3. The minimum Gasteiger partial charge on any atom is -0.491 e. The topological polar surface area (TPSA) is 47.6 Å². The minimum atomic E-state index is -0.703. The van der Waals surface area contributed by atoms with E-state index in [0.29, 0.717) is 12.4 Å². The van der Waals surface area contributed by atoms with Crippen LogP contribution in [-0.4, -0.2) is 12.7 Å². The van der Waals surface area contributed by atoms with Crippen molar-refractivity contribution in [3.8, 4) is 5.75 Å². The molecule has 0 aliphatic carbocycles. The molecule has 3 rings (SSSR count).